The van der Waals surface area contributed by atoms with Gasteiger partial charge in [0.2, 0.25) is 17.6 Å². The molecule has 0 saturated heterocycles. The van der Waals surface area contributed by atoms with Gasteiger partial charge < -0.3 is 9.84 Å². The van der Waals surface area contributed by atoms with E-state index in [1.165, 1.54) is 0 Å². The van der Waals surface area contributed by atoms with Gasteiger partial charge >= 0.3 is 0 Å². The van der Waals surface area contributed by atoms with E-state index >= 15 is 0 Å². The highest BCUT2D eigenvalue weighted by molar-refractivity contribution is 5.92. The highest BCUT2D eigenvalue weighted by atomic mass is 16.5. The van der Waals surface area contributed by atoms with Gasteiger partial charge in [-0.1, -0.05) is 43.3 Å². The summed E-state index contributed by atoms with van der Waals surface area (Å²) in [6.07, 6.45) is 2.33. The largest absolute Gasteiger partial charge is 0.339 e. The Morgan fingerprint density at radius 2 is 2.04 bits per heavy atom. The van der Waals surface area contributed by atoms with Crippen LogP contribution in [-0.2, 0) is 11.2 Å². The van der Waals surface area contributed by atoms with Crippen LogP contribution in [0.2, 0.25) is 0 Å². The van der Waals surface area contributed by atoms with Crippen LogP contribution in [0.4, 0.5) is 5.69 Å². The lowest BCUT2D eigenvalue weighted by molar-refractivity contribution is -0.116. The van der Waals surface area contributed by atoms with Gasteiger partial charge in [-0.05, 0) is 36.1 Å². The molecule has 134 valence electrons. The molecule has 2 heterocycles. The van der Waals surface area contributed by atoms with Crippen LogP contribution in [0, 0.1) is 6.92 Å². The van der Waals surface area contributed by atoms with E-state index in [-0.39, 0.29) is 12.3 Å². The van der Waals surface area contributed by atoms with Crippen LogP contribution >= 0.6 is 0 Å². The molecule has 1 amide bonds. The molecular weight excluding hydrogens is 328 g/mol. The first-order chi connectivity index (χ1) is 12.5. The summed E-state index contributed by atoms with van der Waals surface area (Å²) >= 11 is 0. The van der Waals surface area contributed by atoms with Crippen LogP contribution in [-0.4, -0.2) is 21.0 Å². The lowest BCUT2D eigenvalue weighted by Gasteiger charge is -2.16. The van der Waals surface area contributed by atoms with Crippen molar-refractivity contribution in [3.8, 4) is 11.5 Å². The van der Waals surface area contributed by atoms with Crippen molar-refractivity contribution in [1.29, 1.82) is 0 Å². The van der Waals surface area contributed by atoms with E-state index in [0.29, 0.717) is 29.7 Å². The van der Waals surface area contributed by atoms with Gasteiger partial charge in [0.15, 0.2) is 0 Å². The molecule has 0 radical (unpaired) electrons. The summed E-state index contributed by atoms with van der Waals surface area (Å²) in [7, 11) is 0. The van der Waals surface area contributed by atoms with Crippen LogP contribution in [0.25, 0.3) is 11.5 Å². The maximum Gasteiger partial charge on any atom is 0.227 e. The number of hydrogen-bond acceptors (Lipinski definition) is 5. The molecule has 3 aromatic rings. The predicted molar refractivity (Wildman–Crippen MR) is 99.7 cm³/mol. The summed E-state index contributed by atoms with van der Waals surface area (Å²) in [5.41, 5.74) is 3.73. The molecule has 1 N–H and O–H groups in total. The number of aromatic nitrogens is 3. The summed E-state index contributed by atoms with van der Waals surface area (Å²) in [6, 6.07) is 11.6. The Kier molecular flexibility index (Phi) is 5.41. The van der Waals surface area contributed by atoms with E-state index in [0.717, 1.165) is 16.8 Å². The second-order valence-electron chi connectivity index (χ2n) is 6.47. The van der Waals surface area contributed by atoms with Crippen LogP contribution < -0.4 is 5.32 Å². The molecule has 0 spiro atoms. The number of amides is 1. The molecule has 0 aliphatic heterocycles. The number of pyridine rings is 1. The number of nitrogens with one attached hydrogen (secondary N) is 1. The fraction of sp³-hybridized carbons (Fsp3) is 0.300. The Bertz CT molecular complexity index is 888. The zero-order chi connectivity index (χ0) is 18.5. The summed E-state index contributed by atoms with van der Waals surface area (Å²) < 4.78 is 5.22. The van der Waals surface area contributed by atoms with Crippen LogP contribution in [0.1, 0.15) is 43.2 Å². The number of rotatable bonds is 6. The highest BCUT2D eigenvalue weighted by Crippen LogP contribution is 2.27. The first kappa shape index (κ1) is 17.8. The third-order valence-electron chi connectivity index (χ3n) is 4.12. The molecule has 26 heavy (non-hydrogen) atoms. The van der Waals surface area contributed by atoms with Crippen LogP contribution in [0.5, 0.6) is 0 Å². The number of hydrogen-bond donors (Lipinski definition) is 1. The number of para-hydroxylation sites is 1. The Labute approximate surface area is 152 Å². The minimum atomic E-state index is -0.0706. The highest BCUT2D eigenvalue weighted by Gasteiger charge is 2.14. The summed E-state index contributed by atoms with van der Waals surface area (Å²) in [6.45, 7) is 6.22. The minimum absolute atomic E-state index is 0.0706. The van der Waals surface area contributed by atoms with Gasteiger partial charge in [-0.15, -0.1) is 0 Å². The Hall–Kier alpha value is -3.02. The monoisotopic (exact) mass is 350 g/mol. The Morgan fingerprint density at radius 3 is 2.77 bits per heavy atom. The average Bonchev–Trinajstić information content (AvgIpc) is 3.11. The molecule has 2 aromatic heterocycles. The van der Waals surface area contributed by atoms with Gasteiger partial charge in [-0.3, -0.25) is 9.78 Å². The molecule has 0 aliphatic rings. The molecule has 0 aliphatic carbocycles. The molecule has 0 saturated carbocycles. The standard InChI is InChI=1S/C20H22N4O2/c1-13(2)15-8-6-7-14(3)19(15)22-17(25)10-11-18-23-20(24-26-18)16-9-4-5-12-21-16/h4-9,12-13H,10-11H2,1-3H3,(H,22,25). The summed E-state index contributed by atoms with van der Waals surface area (Å²) in [4.78, 5) is 20.9. The third kappa shape index (κ3) is 4.14. The molecule has 0 bridgehead atoms. The summed E-state index contributed by atoms with van der Waals surface area (Å²) in [5, 5.41) is 6.95. The lowest BCUT2D eigenvalue weighted by atomic mass is 9.98. The van der Waals surface area contributed by atoms with E-state index in [9.17, 15) is 4.79 Å². The number of aryl methyl sites for hydroxylation is 2. The Morgan fingerprint density at radius 1 is 1.19 bits per heavy atom. The molecule has 0 unspecified atom stereocenters. The van der Waals surface area contributed by atoms with Crippen LogP contribution in [0.15, 0.2) is 47.1 Å². The number of carbonyl (C=O) groups is 1. The van der Waals surface area contributed by atoms with E-state index in [1.54, 1.807) is 6.20 Å². The smallest absolute Gasteiger partial charge is 0.227 e. The van der Waals surface area contributed by atoms with Crippen molar-refractivity contribution in [2.75, 3.05) is 5.32 Å². The number of nitrogens with zero attached hydrogens (tertiary/aromatic N) is 3. The number of anilines is 1. The topological polar surface area (TPSA) is 80.9 Å². The van der Waals surface area contributed by atoms with Crippen molar-refractivity contribution >= 4 is 11.6 Å². The van der Waals surface area contributed by atoms with Crippen molar-refractivity contribution in [2.24, 2.45) is 0 Å². The van der Waals surface area contributed by atoms with Gasteiger partial charge in [-0.2, -0.15) is 4.98 Å². The quantitative estimate of drug-likeness (QED) is 0.723. The molecule has 6 nitrogen and oxygen atoms in total. The first-order valence-electron chi connectivity index (χ1n) is 8.68. The lowest BCUT2D eigenvalue weighted by Crippen LogP contribution is -2.15. The first-order valence-corrected chi connectivity index (χ1v) is 8.68. The molecule has 1 aromatic carbocycles. The fourth-order valence-electron chi connectivity index (χ4n) is 2.72. The second kappa shape index (κ2) is 7.91. The second-order valence-corrected chi connectivity index (χ2v) is 6.47. The van der Waals surface area contributed by atoms with Gasteiger partial charge in [-0.25, -0.2) is 0 Å². The fourth-order valence-corrected chi connectivity index (χ4v) is 2.72. The maximum atomic E-state index is 12.4. The van der Waals surface area contributed by atoms with E-state index in [1.807, 2.05) is 43.3 Å². The van der Waals surface area contributed by atoms with Crippen molar-refractivity contribution in [3.05, 3.63) is 59.6 Å². The number of carbonyl (C=O) groups excluding carboxylic acids is 1. The predicted octanol–water partition coefficient (Wildman–Crippen LogP) is 4.13. The zero-order valence-electron chi connectivity index (χ0n) is 15.2. The number of benzene rings is 1. The minimum Gasteiger partial charge on any atom is -0.339 e. The van der Waals surface area contributed by atoms with Crippen molar-refractivity contribution in [3.63, 3.8) is 0 Å². The van der Waals surface area contributed by atoms with Gasteiger partial charge in [0.25, 0.3) is 0 Å². The van der Waals surface area contributed by atoms with E-state index in [4.69, 9.17) is 4.52 Å². The normalized spacial score (nSPS) is 10.9. The molecule has 6 heteroatoms. The van der Waals surface area contributed by atoms with Gasteiger partial charge in [0, 0.05) is 24.7 Å². The third-order valence-corrected chi connectivity index (χ3v) is 4.12. The van der Waals surface area contributed by atoms with E-state index in [2.05, 4.69) is 34.3 Å². The van der Waals surface area contributed by atoms with Crippen molar-refractivity contribution < 1.29 is 9.32 Å². The Balaban J connectivity index is 1.63. The maximum absolute atomic E-state index is 12.4. The van der Waals surface area contributed by atoms with E-state index < -0.39 is 0 Å². The molecular formula is C20H22N4O2. The molecule has 0 fully saturated rings. The molecule has 0 atom stereocenters. The van der Waals surface area contributed by atoms with Crippen molar-refractivity contribution in [2.45, 2.75) is 39.5 Å². The SMILES string of the molecule is Cc1cccc(C(C)C)c1NC(=O)CCc1nc(-c2ccccn2)no1. The zero-order valence-corrected chi connectivity index (χ0v) is 15.2. The van der Waals surface area contributed by atoms with Crippen LogP contribution in [0.3, 0.4) is 0 Å². The molecule has 3 rings (SSSR count). The van der Waals surface area contributed by atoms with Crippen molar-refractivity contribution in [1.82, 2.24) is 15.1 Å². The average molecular weight is 350 g/mol. The summed E-state index contributed by atoms with van der Waals surface area (Å²) in [5.74, 6) is 1.12. The van der Waals surface area contributed by atoms with Gasteiger partial charge in [0.1, 0.15) is 5.69 Å². The van der Waals surface area contributed by atoms with Gasteiger partial charge in [0.05, 0.1) is 0 Å².